The van der Waals surface area contributed by atoms with Gasteiger partial charge in [0, 0.05) is 5.38 Å². The molecule has 7 nitrogen and oxygen atoms in total. The van der Waals surface area contributed by atoms with Crippen molar-refractivity contribution in [2.75, 3.05) is 12.0 Å². The zero-order chi connectivity index (χ0) is 18.4. The number of furan rings is 1. The molecule has 26 heavy (non-hydrogen) atoms. The molecule has 0 bridgehead atoms. The Hall–Kier alpha value is -3.13. The molecule has 0 fully saturated rings. The van der Waals surface area contributed by atoms with Crippen LogP contribution in [0.1, 0.15) is 28.7 Å². The smallest absolute Gasteiger partial charge is 0.379 e. The molecule has 0 atom stereocenters. The third-order valence-electron chi connectivity index (χ3n) is 3.19. The molecular formula is C18H17N3O4S. The fourth-order valence-electron chi connectivity index (χ4n) is 2.07. The van der Waals surface area contributed by atoms with E-state index in [0.29, 0.717) is 23.2 Å². The lowest BCUT2D eigenvalue weighted by Gasteiger charge is -2.10. The van der Waals surface area contributed by atoms with Gasteiger partial charge in [-0.05, 0) is 49.7 Å². The first-order chi connectivity index (χ1) is 12.7. The van der Waals surface area contributed by atoms with Crippen molar-refractivity contribution in [3.63, 3.8) is 0 Å². The summed E-state index contributed by atoms with van der Waals surface area (Å²) in [5, 5.41) is 6.81. The number of nitrogens with zero attached hydrogens (tertiary/aromatic N) is 2. The quantitative estimate of drug-likeness (QED) is 0.291. The minimum absolute atomic E-state index is 0.126. The van der Waals surface area contributed by atoms with Gasteiger partial charge in [0.25, 0.3) is 0 Å². The van der Waals surface area contributed by atoms with E-state index in [-0.39, 0.29) is 5.76 Å². The van der Waals surface area contributed by atoms with E-state index in [1.807, 2.05) is 19.2 Å². The van der Waals surface area contributed by atoms with Crippen LogP contribution in [0.4, 0.5) is 5.13 Å². The Bertz CT molecular complexity index is 903. The van der Waals surface area contributed by atoms with E-state index in [0.717, 1.165) is 11.3 Å². The highest BCUT2D eigenvalue weighted by Crippen LogP contribution is 2.29. The van der Waals surface area contributed by atoms with Gasteiger partial charge in [0.05, 0.1) is 24.8 Å². The summed E-state index contributed by atoms with van der Waals surface area (Å²) in [6.07, 6.45) is 3.05. The van der Waals surface area contributed by atoms with Crippen LogP contribution in [-0.2, 0) is 0 Å². The fourth-order valence-corrected chi connectivity index (χ4v) is 2.71. The van der Waals surface area contributed by atoms with Crippen LogP contribution < -0.4 is 14.9 Å². The van der Waals surface area contributed by atoms with Gasteiger partial charge >= 0.3 is 5.97 Å². The van der Waals surface area contributed by atoms with Crippen molar-refractivity contribution in [2.24, 2.45) is 5.10 Å². The van der Waals surface area contributed by atoms with Crippen molar-refractivity contribution >= 4 is 28.7 Å². The maximum absolute atomic E-state index is 12.0. The van der Waals surface area contributed by atoms with E-state index >= 15 is 0 Å². The normalized spacial score (nSPS) is 10.8. The van der Waals surface area contributed by atoms with E-state index in [9.17, 15) is 4.79 Å². The van der Waals surface area contributed by atoms with Crippen molar-refractivity contribution in [2.45, 2.75) is 13.8 Å². The van der Waals surface area contributed by atoms with Crippen LogP contribution in [-0.4, -0.2) is 23.8 Å². The number of hydrogen-bond acceptors (Lipinski definition) is 8. The lowest BCUT2D eigenvalue weighted by atomic mass is 10.2. The molecule has 0 aliphatic heterocycles. The van der Waals surface area contributed by atoms with Crippen LogP contribution in [0.5, 0.6) is 11.5 Å². The summed E-state index contributed by atoms with van der Waals surface area (Å²) < 4.78 is 15.9. The third kappa shape index (κ3) is 4.48. The second-order valence-corrected chi connectivity index (χ2v) is 6.03. The van der Waals surface area contributed by atoms with Crippen molar-refractivity contribution in [3.05, 3.63) is 59.0 Å². The Labute approximate surface area is 154 Å². The SMILES string of the molecule is CCOc1cc(C=NNc2nc(C)cs2)ccc1OC(=O)c1ccco1. The van der Waals surface area contributed by atoms with Crippen LogP contribution in [0.3, 0.4) is 0 Å². The van der Waals surface area contributed by atoms with Gasteiger partial charge in [0.1, 0.15) is 0 Å². The van der Waals surface area contributed by atoms with Crippen LogP contribution in [0.25, 0.3) is 0 Å². The Morgan fingerprint density at radius 1 is 1.38 bits per heavy atom. The summed E-state index contributed by atoms with van der Waals surface area (Å²) >= 11 is 1.48. The van der Waals surface area contributed by atoms with Gasteiger partial charge in [-0.25, -0.2) is 9.78 Å². The van der Waals surface area contributed by atoms with Gasteiger partial charge in [-0.3, -0.25) is 5.43 Å². The molecule has 3 rings (SSSR count). The summed E-state index contributed by atoms with van der Waals surface area (Å²) in [5.41, 5.74) is 4.59. The molecule has 1 aromatic carbocycles. The van der Waals surface area contributed by atoms with Gasteiger partial charge in [-0.1, -0.05) is 0 Å². The predicted molar refractivity (Wildman–Crippen MR) is 99.3 cm³/mol. The second kappa shape index (κ2) is 8.30. The maximum Gasteiger partial charge on any atom is 0.379 e. The second-order valence-electron chi connectivity index (χ2n) is 5.17. The number of esters is 1. The highest BCUT2D eigenvalue weighted by atomic mass is 32.1. The number of anilines is 1. The number of thiazole rings is 1. The number of hydrazone groups is 1. The Balaban J connectivity index is 1.72. The van der Waals surface area contributed by atoms with Crippen LogP contribution >= 0.6 is 11.3 Å². The fraction of sp³-hybridized carbons (Fsp3) is 0.167. The first-order valence-electron chi connectivity index (χ1n) is 7.89. The first-order valence-corrected chi connectivity index (χ1v) is 8.77. The van der Waals surface area contributed by atoms with Gasteiger partial charge in [-0.15, -0.1) is 11.3 Å². The first kappa shape index (κ1) is 17.7. The average molecular weight is 371 g/mol. The van der Waals surface area contributed by atoms with Crippen molar-refractivity contribution in [1.29, 1.82) is 0 Å². The van der Waals surface area contributed by atoms with E-state index in [4.69, 9.17) is 13.9 Å². The molecule has 2 heterocycles. The van der Waals surface area contributed by atoms with Crippen molar-refractivity contribution < 1.29 is 18.7 Å². The van der Waals surface area contributed by atoms with Crippen LogP contribution in [0.15, 0.2) is 51.5 Å². The third-order valence-corrected chi connectivity index (χ3v) is 4.05. The van der Waals surface area contributed by atoms with Crippen LogP contribution in [0, 0.1) is 6.92 Å². The molecule has 0 unspecified atom stereocenters. The number of aryl methyl sites for hydroxylation is 1. The molecule has 0 aliphatic rings. The van der Waals surface area contributed by atoms with Gasteiger partial charge in [-0.2, -0.15) is 5.10 Å². The molecule has 0 saturated carbocycles. The molecule has 0 spiro atoms. The maximum atomic E-state index is 12.0. The zero-order valence-corrected chi connectivity index (χ0v) is 15.1. The number of hydrogen-bond donors (Lipinski definition) is 1. The van der Waals surface area contributed by atoms with Gasteiger partial charge in [0.15, 0.2) is 11.5 Å². The Morgan fingerprint density at radius 2 is 2.27 bits per heavy atom. The van der Waals surface area contributed by atoms with E-state index in [1.54, 1.807) is 30.5 Å². The molecule has 0 amide bonds. The number of carbonyl (C=O) groups is 1. The number of aromatic nitrogens is 1. The summed E-state index contributed by atoms with van der Waals surface area (Å²) in [5.74, 6) is 0.301. The molecule has 134 valence electrons. The molecule has 0 radical (unpaired) electrons. The lowest BCUT2D eigenvalue weighted by molar-refractivity contribution is 0.0695. The predicted octanol–water partition coefficient (Wildman–Crippen LogP) is 4.11. The van der Waals surface area contributed by atoms with Gasteiger partial charge < -0.3 is 13.9 Å². The van der Waals surface area contributed by atoms with Crippen molar-refractivity contribution in [3.8, 4) is 11.5 Å². The summed E-state index contributed by atoms with van der Waals surface area (Å²) in [4.78, 5) is 16.3. The molecule has 3 aromatic rings. The highest BCUT2D eigenvalue weighted by Gasteiger charge is 2.15. The Morgan fingerprint density at radius 3 is 2.96 bits per heavy atom. The molecule has 0 saturated heterocycles. The standard InChI is InChI=1S/C18H17N3O4S/c1-3-23-16-9-13(10-19-21-18-20-12(2)11-26-18)6-7-14(16)25-17(22)15-5-4-8-24-15/h4-11H,3H2,1-2H3,(H,20,21). The average Bonchev–Trinajstić information content (AvgIpc) is 3.29. The molecule has 0 aliphatic carbocycles. The number of rotatable bonds is 7. The Kier molecular flexibility index (Phi) is 5.65. The zero-order valence-electron chi connectivity index (χ0n) is 14.3. The largest absolute Gasteiger partial charge is 0.490 e. The monoisotopic (exact) mass is 371 g/mol. The molecular weight excluding hydrogens is 354 g/mol. The number of ether oxygens (including phenoxy) is 2. The molecule has 8 heteroatoms. The lowest BCUT2D eigenvalue weighted by Crippen LogP contribution is -2.09. The van der Waals surface area contributed by atoms with Gasteiger partial charge in [0.2, 0.25) is 10.9 Å². The summed E-state index contributed by atoms with van der Waals surface area (Å²) in [6.45, 7) is 4.20. The van der Waals surface area contributed by atoms with E-state index in [1.165, 1.54) is 23.7 Å². The topological polar surface area (TPSA) is 86.0 Å². The van der Waals surface area contributed by atoms with Crippen LogP contribution in [0.2, 0.25) is 0 Å². The summed E-state index contributed by atoms with van der Waals surface area (Å²) in [7, 11) is 0. The number of benzene rings is 1. The molecule has 2 aromatic heterocycles. The molecule has 1 N–H and O–H groups in total. The number of carbonyl (C=O) groups excluding carboxylic acids is 1. The number of nitrogens with one attached hydrogen (secondary N) is 1. The minimum atomic E-state index is -0.585. The van der Waals surface area contributed by atoms with E-state index < -0.39 is 5.97 Å². The minimum Gasteiger partial charge on any atom is -0.490 e. The van der Waals surface area contributed by atoms with E-state index in [2.05, 4.69) is 15.5 Å². The summed E-state index contributed by atoms with van der Waals surface area (Å²) in [6, 6.07) is 8.32. The highest BCUT2D eigenvalue weighted by molar-refractivity contribution is 7.13. The van der Waals surface area contributed by atoms with Crippen molar-refractivity contribution in [1.82, 2.24) is 4.98 Å².